The number of likely N-dealkylation sites (tertiary alicyclic amines) is 1. The van der Waals surface area contributed by atoms with Crippen LogP contribution < -0.4 is 0 Å². The Balaban J connectivity index is 1.37. The zero-order valence-corrected chi connectivity index (χ0v) is 16.3. The molecule has 140 valence electrons. The van der Waals surface area contributed by atoms with Gasteiger partial charge in [-0.25, -0.2) is 4.98 Å². The van der Waals surface area contributed by atoms with Crippen LogP contribution in [0.1, 0.15) is 34.1 Å². The van der Waals surface area contributed by atoms with Crippen molar-refractivity contribution in [3.05, 3.63) is 83.6 Å². The number of fused-ring (bicyclic) bond motifs is 1. The van der Waals surface area contributed by atoms with Gasteiger partial charge in [-0.3, -0.25) is 4.79 Å². The van der Waals surface area contributed by atoms with E-state index in [-0.39, 0.29) is 5.91 Å². The van der Waals surface area contributed by atoms with Crippen LogP contribution >= 0.6 is 11.3 Å². The van der Waals surface area contributed by atoms with Crippen LogP contribution in [0.5, 0.6) is 0 Å². The summed E-state index contributed by atoms with van der Waals surface area (Å²) in [5, 5.41) is 1.15. The van der Waals surface area contributed by atoms with E-state index in [0.717, 1.165) is 47.7 Å². The molecular weight excluding hydrogens is 366 g/mol. The minimum Gasteiger partial charge on any atom is -0.338 e. The van der Waals surface area contributed by atoms with Gasteiger partial charge in [0, 0.05) is 42.7 Å². The standard InChI is InChI=1S/C23H21N3OS/c27-23(17-7-5-9-19(15-17)25-12-3-4-13-25)26-14-6-8-18(16-26)22-24-20-10-1-2-11-21(20)28-22/h1-5,7,9-13,15,18H,6,8,14,16H2. The van der Waals surface area contributed by atoms with Crippen molar-refractivity contribution in [3.8, 4) is 5.69 Å². The molecule has 5 rings (SSSR count). The lowest BCUT2D eigenvalue weighted by atomic mass is 9.98. The fraction of sp³-hybridized carbons (Fsp3) is 0.217. The Labute approximate surface area is 168 Å². The van der Waals surface area contributed by atoms with Crippen LogP contribution in [-0.4, -0.2) is 33.4 Å². The fourth-order valence-corrected chi connectivity index (χ4v) is 5.01. The zero-order chi connectivity index (χ0) is 18.9. The van der Waals surface area contributed by atoms with Gasteiger partial charge in [-0.1, -0.05) is 18.2 Å². The van der Waals surface area contributed by atoms with Gasteiger partial charge in [0.2, 0.25) is 0 Å². The molecule has 2 aromatic carbocycles. The number of benzene rings is 2. The normalized spacial score (nSPS) is 17.1. The van der Waals surface area contributed by atoms with Gasteiger partial charge in [-0.15, -0.1) is 11.3 Å². The average molecular weight is 388 g/mol. The quantitative estimate of drug-likeness (QED) is 0.490. The fourth-order valence-electron chi connectivity index (χ4n) is 3.92. The second kappa shape index (κ2) is 7.24. The molecule has 3 heterocycles. The second-order valence-electron chi connectivity index (χ2n) is 7.25. The van der Waals surface area contributed by atoms with Gasteiger partial charge >= 0.3 is 0 Å². The molecule has 5 heteroatoms. The molecule has 0 radical (unpaired) electrons. The molecule has 4 nitrogen and oxygen atoms in total. The molecule has 4 aromatic rings. The average Bonchev–Trinajstić information content (AvgIpc) is 3.43. The van der Waals surface area contributed by atoms with Gasteiger partial charge in [0.05, 0.1) is 15.2 Å². The highest BCUT2D eigenvalue weighted by Gasteiger charge is 2.27. The lowest BCUT2D eigenvalue weighted by molar-refractivity contribution is 0.0707. The van der Waals surface area contributed by atoms with Crippen LogP contribution in [0.25, 0.3) is 15.9 Å². The molecular formula is C23H21N3OS. The van der Waals surface area contributed by atoms with E-state index in [2.05, 4.69) is 18.2 Å². The summed E-state index contributed by atoms with van der Waals surface area (Å²) in [7, 11) is 0. The van der Waals surface area contributed by atoms with Crippen molar-refractivity contribution in [2.75, 3.05) is 13.1 Å². The molecule has 1 aliphatic heterocycles. The summed E-state index contributed by atoms with van der Waals surface area (Å²) in [5.41, 5.74) is 2.82. The first kappa shape index (κ1) is 17.2. The molecule has 0 aliphatic carbocycles. The summed E-state index contributed by atoms with van der Waals surface area (Å²) < 4.78 is 3.25. The molecule has 1 aliphatic rings. The Morgan fingerprint density at radius 2 is 1.89 bits per heavy atom. The van der Waals surface area contributed by atoms with Gasteiger partial charge in [0.1, 0.15) is 0 Å². The highest BCUT2D eigenvalue weighted by atomic mass is 32.1. The van der Waals surface area contributed by atoms with E-state index in [4.69, 9.17) is 4.98 Å². The Hall–Kier alpha value is -2.92. The van der Waals surface area contributed by atoms with Crippen LogP contribution in [0.4, 0.5) is 0 Å². The van der Waals surface area contributed by atoms with Gasteiger partial charge in [0.25, 0.3) is 5.91 Å². The third-order valence-corrected chi connectivity index (χ3v) is 6.56. The highest BCUT2D eigenvalue weighted by molar-refractivity contribution is 7.18. The van der Waals surface area contributed by atoms with Crippen molar-refractivity contribution in [1.29, 1.82) is 0 Å². The van der Waals surface area contributed by atoms with Gasteiger partial charge < -0.3 is 9.47 Å². The van der Waals surface area contributed by atoms with E-state index >= 15 is 0 Å². The largest absolute Gasteiger partial charge is 0.338 e. The minimum absolute atomic E-state index is 0.111. The third-order valence-electron chi connectivity index (χ3n) is 5.36. The zero-order valence-electron chi connectivity index (χ0n) is 15.5. The molecule has 0 bridgehead atoms. The van der Waals surface area contributed by atoms with Crippen molar-refractivity contribution < 1.29 is 4.79 Å². The summed E-state index contributed by atoms with van der Waals surface area (Å²) in [6, 6.07) is 20.1. The van der Waals surface area contributed by atoms with E-state index < -0.39 is 0 Å². The maximum Gasteiger partial charge on any atom is 0.253 e. The monoisotopic (exact) mass is 387 g/mol. The topological polar surface area (TPSA) is 38.1 Å². The molecule has 28 heavy (non-hydrogen) atoms. The molecule has 0 N–H and O–H groups in total. The van der Waals surface area contributed by atoms with Gasteiger partial charge in [-0.2, -0.15) is 0 Å². The van der Waals surface area contributed by atoms with Crippen molar-refractivity contribution in [2.45, 2.75) is 18.8 Å². The highest BCUT2D eigenvalue weighted by Crippen LogP contribution is 2.33. The van der Waals surface area contributed by atoms with Crippen molar-refractivity contribution in [3.63, 3.8) is 0 Å². The van der Waals surface area contributed by atoms with Crippen LogP contribution in [0, 0.1) is 0 Å². The number of carbonyl (C=O) groups excluding carboxylic acids is 1. The molecule has 1 fully saturated rings. The predicted molar refractivity (Wildman–Crippen MR) is 113 cm³/mol. The first-order valence-corrected chi connectivity index (χ1v) is 10.5. The van der Waals surface area contributed by atoms with Crippen LogP contribution in [0.15, 0.2) is 73.1 Å². The molecule has 0 spiro atoms. The Morgan fingerprint density at radius 1 is 1.04 bits per heavy atom. The van der Waals surface area contributed by atoms with Crippen LogP contribution in [0.3, 0.4) is 0 Å². The first-order chi connectivity index (χ1) is 13.8. The van der Waals surface area contributed by atoms with Crippen LogP contribution in [0.2, 0.25) is 0 Å². The number of piperidine rings is 1. The second-order valence-corrected chi connectivity index (χ2v) is 8.31. The SMILES string of the molecule is O=C(c1cccc(-n2cccc2)c1)N1CCCC(c2nc3ccccc3s2)C1. The van der Waals surface area contributed by atoms with Gasteiger partial charge in [-0.05, 0) is 55.3 Å². The number of para-hydroxylation sites is 1. The number of carbonyl (C=O) groups is 1. The number of rotatable bonds is 3. The van der Waals surface area contributed by atoms with E-state index in [1.54, 1.807) is 11.3 Å². The lowest BCUT2D eigenvalue weighted by Gasteiger charge is -2.32. The Bertz CT molecular complexity index is 1080. The molecule has 1 amide bonds. The van der Waals surface area contributed by atoms with Crippen molar-refractivity contribution in [2.24, 2.45) is 0 Å². The maximum absolute atomic E-state index is 13.2. The van der Waals surface area contributed by atoms with E-state index in [0.29, 0.717) is 5.92 Å². The number of hydrogen-bond donors (Lipinski definition) is 0. The van der Waals surface area contributed by atoms with Crippen LogP contribution in [-0.2, 0) is 0 Å². The molecule has 1 atom stereocenters. The summed E-state index contributed by atoms with van der Waals surface area (Å²) in [4.78, 5) is 20.0. The van der Waals surface area contributed by atoms with Gasteiger partial charge in [0.15, 0.2) is 0 Å². The smallest absolute Gasteiger partial charge is 0.253 e. The van der Waals surface area contributed by atoms with Crippen molar-refractivity contribution >= 4 is 27.5 Å². The molecule has 1 saturated heterocycles. The minimum atomic E-state index is 0.111. The van der Waals surface area contributed by atoms with E-state index in [9.17, 15) is 4.79 Å². The summed E-state index contributed by atoms with van der Waals surface area (Å²) in [6.45, 7) is 1.56. The lowest BCUT2D eigenvalue weighted by Crippen LogP contribution is -2.39. The van der Waals surface area contributed by atoms with E-state index in [1.807, 2.05) is 64.3 Å². The summed E-state index contributed by atoms with van der Waals surface area (Å²) >= 11 is 1.76. The predicted octanol–water partition coefficient (Wildman–Crippen LogP) is 5.11. The molecule has 0 saturated carbocycles. The Morgan fingerprint density at radius 3 is 2.75 bits per heavy atom. The third kappa shape index (κ3) is 3.22. The molecule has 2 aromatic heterocycles. The molecule has 1 unspecified atom stereocenters. The van der Waals surface area contributed by atoms with E-state index in [1.165, 1.54) is 4.70 Å². The Kier molecular flexibility index (Phi) is 4.45. The van der Waals surface area contributed by atoms with Crippen molar-refractivity contribution in [1.82, 2.24) is 14.5 Å². The number of amides is 1. The summed E-state index contributed by atoms with van der Waals surface area (Å²) in [6.07, 6.45) is 6.10. The number of nitrogens with zero attached hydrogens (tertiary/aromatic N) is 3. The maximum atomic E-state index is 13.2. The number of aromatic nitrogens is 2. The number of hydrogen-bond acceptors (Lipinski definition) is 3. The summed E-state index contributed by atoms with van der Waals surface area (Å²) in [5.74, 6) is 0.433. The number of thiazole rings is 1. The first-order valence-electron chi connectivity index (χ1n) is 9.66.